The van der Waals surface area contributed by atoms with Crippen molar-refractivity contribution in [3.8, 4) is 0 Å². The Morgan fingerprint density at radius 1 is 1.16 bits per heavy atom. The van der Waals surface area contributed by atoms with Crippen LogP contribution in [-0.2, 0) is 16.0 Å². The lowest BCUT2D eigenvalue weighted by atomic mass is 9.85. The van der Waals surface area contributed by atoms with E-state index in [-0.39, 0.29) is 59.5 Å². The molecule has 1 saturated heterocycles. The summed E-state index contributed by atoms with van der Waals surface area (Å²) in [5.41, 5.74) is 1.92. The number of carbonyl (C=O) groups excluding carboxylic acids is 2. The van der Waals surface area contributed by atoms with Gasteiger partial charge in [-0.25, -0.2) is 4.98 Å². The first kappa shape index (κ1) is 22.8. The highest BCUT2D eigenvalue weighted by molar-refractivity contribution is 14.0. The molecule has 3 aliphatic rings. The number of likely N-dealkylation sites (tertiary alicyclic amines) is 1. The fourth-order valence-corrected chi connectivity index (χ4v) is 5.20. The number of hydrogen-bond acceptors (Lipinski definition) is 4. The molecular weight excluding hydrogens is 519 g/mol. The highest BCUT2D eigenvalue weighted by atomic mass is 127. The maximum atomic E-state index is 12.8. The molecule has 5 rings (SSSR count). The number of allylic oxidation sites excluding steroid dienone is 2. The number of guanidine groups is 1. The highest BCUT2D eigenvalue weighted by Crippen LogP contribution is 2.52. The summed E-state index contributed by atoms with van der Waals surface area (Å²) in [6.07, 6.45) is 9.95. The lowest BCUT2D eigenvalue weighted by Gasteiger charge is -2.18. The molecule has 9 heteroatoms. The predicted molar refractivity (Wildman–Crippen MR) is 133 cm³/mol. The lowest BCUT2D eigenvalue weighted by molar-refractivity contribution is -0.140. The molecule has 2 bridgehead atoms. The molecule has 8 nitrogen and oxygen atoms in total. The number of rotatable bonds is 7. The lowest BCUT2D eigenvalue weighted by Crippen LogP contribution is -2.43. The fourth-order valence-electron chi connectivity index (χ4n) is 5.20. The first-order chi connectivity index (χ1) is 15.2. The van der Waals surface area contributed by atoms with E-state index in [2.05, 4.69) is 32.8 Å². The maximum absolute atomic E-state index is 12.8. The molecule has 3 heterocycles. The molecule has 0 radical (unpaired) electrons. The molecule has 2 aliphatic carbocycles. The summed E-state index contributed by atoms with van der Waals surface area (Å²) in [4.78, 5) is 36.2. The van der Waals surface area contributed by atoms with E-state index in [0.29, 0.717) is 25.6 Å². The Morgan fingerprint density at radius 2 is 1.91 bits per heavy atom. The van der Waals surface area contributed by atoms with Crippen molar-refractivity contribution < 1.29 is 9.59 Å². The number of amides is 2. The van der Waals surface area contributed by atoms with Crippen LogP contribution in [0.1, 0.15) is 19.0 Å². The topological polar surface area (TPSA) is 91.1 Å². The highest BCUT2D eigenvalue weighted by Gasteiger charge is 2.58. The van der Waals surface area contributed by atoms with Gasteiger partial charge >= 0.3 is 0 Å². The molecule has 2 fully saturated rings. The zero-order valence-corrected chi connectivity index (χ0v) is 20.4. The fraction of sp³-hybridized carbons (Fsp3) is 0.478. The molecule has 0 spiro atoms. The molecule has 2 N–H and O–H groups in total. The summed E-state index contributed by atoms with van der Waals surface area (Å²) in [5, 5.41) is 6.48. The molecule has 32 heavy (non-hydrogen) atoms. The quantitative estimate of drug-likeness (QED) is 0.181. The van der Waals surface area contributed by atoms with Crippen LogP contribution in [0.2, 0.25) is 0 Å². The van der Waals surface area contributed by atoms with E-state index in [9.17, 15) is 9.59 Å². The van der Waals surface area contributed by atoms with Crippen LogP contribution in [0, 0.1) is 23.7 Å². The number of halogens is 1. The number of imidazole rings is 1. The zero-order valence-electron chi connectivity index (χ0n) is 18.1. The van der Waals surface area contributed by atoms with Gasteiger partial charge in [0, 0.05) is 45.0 Å². The van der Waals surface area contributed by atoms with E-state index in [1.165, 1.54) is 4.90 Å². The van der Waals surface area contributed by atoms with Gasteiger partial charge in [-0.05, 0) is 37.3 Å². The van der Waals surface area contributed by atoms with Crippen molar-refractivity contribution in [2.45, 2.75) is 19.8 Å². The maximum Gasteiger partial charge on any atom is 0.233 e. The smallest absolute Gasteiger partial charge is 0.233 e. The first-order valence-corrected chi connectivity index (χ1v) is 11.1. The number of nitrogens with zero attached hydrogens (tertiary/aromatic N) is 4. The van der Waals surface area contributed by atoms with Crippen LogP contribution in [0.25, 0.3) is 5.65 Å². The van der Waals surface area contributed by atoms with Crippen molar-refractivity contribution in [2.75, 3.05) is 26.2 Å². The SMILES string of the molecule is CCNC(=NCCc1cn2ccccc2n1)NCCN1C(=O)C2C3C=CC(C3)C2C1=O.I. The van der Waals surface area contributed by atoms with E-state index in [1.54, 1.807) is 0 Å². The van der Waals surface area contributed by atoms with Crippen LogP contribution in [-0.4, -0.2) is 58.2 Å². The minimum Gasteiger partial charge on any atom is -0.357 e. The van der Waals surface area contributed by atoms with Gasteiger partial charge in [0.15, 0.2) is 5.96 Å². The van der Waals surface area contributed by atoms with Gasteiger partial charge in [0.1, 0.15) is 5.65 Å². The van der Waals surface area contributed by atoms with Crippen LogP contribution < -0.4 is 10.6 Å². The number of aliphatic imine (C=N–C) groups is 1. The van der Waals surface area contributed by atoms with Gasteiger partial charge in [-0.15, -0.1) is 24.0 Å². The average Bonchev–Trinajstić information content (AvgIpc) is 3.52. The number of nitrogens with one attached hydrogen (secondary N) is 2. The van der Waals surface area contributed by atoms with E-state index in [4.69, 9.17) is 0 Å². The predicted octanol–water partition coefficient (Wildman–Crippen LogP) is 1.86. The Bertz CT molecular complexity index is 1000. The summed E-state index contributed by atoms with van der Waals surface area (Å²) in [7, 11) is 0. The van der Waals surface area contributed by atoms with Gasteiger partial charge in [0.05, 0.1) is 17.5 Å². The molecule has 2 aromatic heterocycles. The average molecular weight is 548 g/mol. The van der Waals surface area contributed by atoms with Crippen molar-refractivity contribution >= 4 is 47.4 Å². The van der Waals surface area contributed by atoms with Crippen molar-refractivity contribution in [1.82, 2.24) is 24.9 Å². The molecule has 0 aromatic carbocycles. The third-order valence-electron chi connectivity index (χ3n) is 6.59. The summed E-state index contributed by atoms with van der Waals surface area (Å²) in [6, 6.07) is 5.94. The van der Waals surface area contributed by atoms with Crippen LogP contribution in [0.4, 0.5) is 0 Å². The van der Waals surface area contributed by atoms with Crippen LogP contribution >= 0.6 is 24.0 Å². The van der Waals surface area contributed by atoms with Gasteiger partial charge in [-0.3, -0.25) is 19.5 Å². The molecule has 2 aromatic rings. The van der Waals surface area contributed by atoms with Crippen LogP contribution in [0.15, 0.2) is 47.7 Å². The number of carbonyl (C=O) groups is 2. The Balaban J connectivity index is 0.00000245. The number of aromatic nitrogens is 2. The van der Waals surface area contributed by atoms with Crippen molar-refractivity contribution in [3.05, 3.63) is 48.4 Å². The minimum absolute atomic E-state index is 0. The van der Waals surface area contributed by atoms with Gasteiger partial charge in [-0.2, -0.15) is 0 Å². The molecular formula is C23H29IN6O2. The first-order valence-electron chi connectivity index (χ1n) is 11.1. The summed E-state index contributed by atoms with van der Waals surface area (Å²) in [5.74, 6) is 0.938. The number of imide groups is 1. The minimum atomic E-state index is -0.130. The second-order valence-electron chi connectivity index (χ2n) is 8.46. The van der Waals surface area contributed by atoms with Gasteiger partial charge in [0.2, 0.25) is 11.8 Å². The summed E-state index contributed by atoms with van der Waals surface area (Å²) < 4.78 is 2.00. The van der Waals surface area contributed by atoms with Crippen LogP contribution in [0.3, 0.4) is 0 Å². The molecule has 2 amide bonds. The Morgan fingerprint density at radius 3 is 2.59 bits per heavy atom. The van der Waals surface area contributed by atoms with Gasteiger partial charge < -0.3 is 15.0 Å². The number of pyridine rings is 1. The summed E-state index contributed by atoms with van der Waals surface area (Å²) >= 11 is 0. The zero-order chi connectivity index (χ0) is 21.4. The Kier molecular flexibility index (Phi) is 6.82. The molecule has 4 unspecified atom stereocenters. The third kappa shape index (κ3) is 4.14. The molecule has 1 saturated carbocycles. The summed E-state index contributed by atoms with van der Waals surface area (Å²) in [6.45, 7) is 4.21. The Hall–Kier alpha value is -2.43. The largest absolute Gasteiger partial charge is 0.357 e. The van der Waals surface area contributed by atoms with Crippen molar-refractivity contribution in [1.29, 1.82) is 0 Å². The van der Waals surface area contributed by atoms with Crippen molar-refractivity contribution in [3.63, 3.8) is 0 Å². The second kappa shape index (κ2) is 9.60. The van der Waals surface area contributed by atoms with Gasteiger partial charge in [0.25, 0.3) is 0 Å². The molecule has 170 valence electrons. The van der Waals surface area contributed by atoms with E-state index in [0.717, 1.165) is 30.7 Å². The second-order valence-corrected chi connectivity index (χ2v) is 8.46. The number of hydrogen-bond donors (Lipinski definition) is 2. The van der Waals surface area contributed by atoms with Crippen molar-refractivity contribution in [2.24, 2.45) is 28.7 Å². The normalized spacial score (nSPS) is 26.0. The molecule has 4 atom stereocenters. The van der Waals surface area contributed by atoms with Crippen LogP contribution in [0.5, 0.6) is 0 Å². The van der Waals surface area contributed by atoms with Gasteiger partial charge in [-0.1, -0.05) is 18.2 Å². The van der Waals surface area contributed by atoms with E-state index in [1.807, 2.05) is 41.9 Å². The monoisotopic (exact) mass is 548 g/mol. The Labute approximate surface area is 204 Å². The van der Waals surface area contributed by atoms with E-state index < -0.39 is 0 Å². The molecule has 1 aliphatic heterocycles. The standard InChI is InChI=1S/C23H28N6O2.HI/c1-2-24-23(25-9-8-17-14-28-11-4-3-5-18(28)27-17)26-10-12-29-21(30)19-15-6-7-16(13-15)20(19)22(29)31;/h3-7,11,14-16,19-20H,2,8-10,12-13H2,1H3,(H2,24,25,26);1H. The number of fused-ring (bicyclic) bond motifs is 6. The third-order valence-corrected chi connectivity index (χ3v) is 6.59. The van der Waals surface area contributed by atoms with E-state index >= 15 is 0 Å².